The van der Waals surface area contributed by atoms with Gasteiger partial charge in [-0.05, 0) is 18.1 Å². The number of hydrogen-bond donors (Lipinski definition) is 3. The predicted octanol–water partition coefficient (Wildman–Crippen LogP) is -0.157. The van der Waals surface area contributed by atoms with E-state index in [1.807, 2.05) is 24.3 Å². The summed E-state index contributed by atoms with van der Waals surface area (Å²) in [5.74, 6) is -0.657. The zero-order chi connectivity index (χ0) is 11.7. The van der Waals surface area contributed by atoms with E-state index < -0.39 is 19.0 Å². The molecule has 0 aromatic heterocycles. The standard InChI is InChI=1S/C11H14BNO3/c1-7(14)11-10(12(15)16)9-5-3-2-4-8(9)6-13-11/h2-5,10-11,13,15-16H,6H2,1H3. The van der Waals surface area contributed by atoms with Crippen LogP contribution in [-0.4, -0.2) is 29.0 Å². The summed E-state index contributed by atoms with van der Waals surface area (Å²) in [6.45, 7) is 2.05. The van der Waals surface area contributed by atoms with Crippen LogP contribution in [0.25, 0.3) is 0 Å². The zero-order valence-electron chi connectivity index (χ0n) is 9.05. The van der Waals surface area contributed by atoms with Crippen molar-refractivity contribution in [3.05, 3.63) is 35.4 Å². The average molecular weight is 219 g/mol. The Bertz CT molecular complexity index is 408. The van der Waals surface area contributed by atoms with Gasteiger partial charge in [-0.15, -0.1) is 0 Å². The third-order valence-corrected chi connectivity index (χ3v) is 3.04. The summed E-state index contributed by atoms with van der Waals surface area (Å²) in [5, 5.41) is 21.8. The fourth-order valence-corrected chi connectivity index (χ4v) is 2.28. The molecule has 0 radical (unpaired) electrons. The largest absolute Gasteiger partial charge is 0.461 e. The highest BCUT2D eigenvalue weighted by molar-refractivity contribution is 6.44. The molecule has 16 heavy (non-hydrogen) atoms. The summed E-state index contributed by atoms with van der Waals surface area (Å²) < 4.78 is 0. The lowest BCUT2D eigenvalue weighted by molar-refractivity contribution is -0.119. The molecule has 2 atom stereocenters. The van der Waals surface area contributed by atoms with Gasteiger partial charge in [-0.3, -0.25) is 4.79 Å². The molecular weight excluding hydrogens is 205 g/mol. The maximum atomic E-state index is 11.4. The van der Waals surface area contributed by atoms with Gasteiger partial charge in [0.1, 0.15) is 5.78 Å². The average Bonchev–Trinajstić information content (AvgIpc) is 2.27. The molecule has 1 aromatic carbocycles. The Morgan fingerprint density at radius 2 is 2.12 bits per heavy atom. The van der Waals surface area contributed by atoms with E-state index in [0.29, 0.717) is 6.54 Å². The first-order chi connectivity index (χ1) is 7.61. The van der Waals surface area contributed by atoms with E-state index in [-0.39, 0.29) is 5.78 Å². The minimum atomic E-state index is -1.53. The minimum Gasteiger partial charge on any atom is -0.427 e. The summed E-state index contributed by atoms with van der Waals surface area (Å²) in [6, 6.07) is 6.99. The maximum Gasteiger partial charge on any atom is 0.461 e. The van der Waals surface area contributed by atoms with Gasteiger partial charge in [0, 0.05) is 12.4 Å². The molecule has 1 heterocycles. The molecule has 3 N–H and O–H groups in total. The lowest BCUT2D eigenvalue weighted by atomic mass is 9.61. The summed E-state index contributed by atoms with van der Waals surface area (Å²) in [7, 11) is -1.53. The molecule has 2 rings (SSSR count). The number of fused-ring (bicyclic) bond motifs is 1. The molecule has 1 aliphatic rings. The fraction of sp³-hybridized carbons (Fsp3) is 0.364. The molecule has 4 nitrogen and oxygen atoms in total. The van der Waals surface area contributed by atoms with Crippen LogP contribution in [0, 0.1) is 0 Å². The molecule has 1 aromatic rings. The second kappa shape index (κ2) is 4.37. The fourth-order valence-electron chi connectivity index (χ4n) is 2.28. The molecule has 0 spiro atoms. The van der Waals surface area contributed by atoms with Crippen LogP contribution in [0.1, 0.15) is 23.9 Å². The van der Waals surface area contributed by atoms with Crippen LogP contribution in [0.3, 0.4) is 0 Å². The Kier molecular flexibility index (Phi) is 3.09. The van der Waals surface area contributed by atoms with Crippen LogP contribution in [0.4, 0.5) is 0 Å². The topological polar surface area (TPSA) is 69.6 Å². The number of hydrogen-bond acceptors (Lipinski definition) is 4. The predicted molar refractivity (Wildman–Crippen MR) is 60.7 cm³/mol. The highest BCUT2D eigenvalue weighted by atomic mass is 16.4. The number of nitrogens with one attached hydrogen (secondary N) is 1. The summed E-state index contributed by atoms with van der Waals surface area (Å²) in [5.41, 5.74) is 1.86. The second-order valence-electron chi connectivity index (χ2n) is 4.11. The van der Waals surface area contributed by atoms with Gasteiger partial charge >= 0.3 is 7.12 Å². The molecule has 84 valence electrons. The lowest BCUT2D eigenvalue weighted by Gasteiger charge is -2.32. The molecule has 5 heteroatoms. The molecule has 0 saturated heterocycles. The second-order valence-corrected chi connectivity index (χ2v) is 4.11. The van der Waals surface area contributed by atoms with Crippen LogP contribution in [0.5, 0.6) is 0 Å². The van der Waals surface area contributed by atoms with Crippen LogP contribution >= 0.6 is 0 Å². The van der Waals surface area contributed by atoms with Crippen LogP contribution < -0.4 is 5.32 Å². The molecule has 0 amide bonds. The van der Waals surface area contributed by atoms with E-state index in [2.05, 4.69) is 5.32 Å². The first kappa shape index (κ1) is 11.3. The van der Waals surface area contributed by atoms with E-state index >= 15 is 0 Å². The van der Waals surface area contributed by atoms with Crippen molar-refractivity contribution in [3.63, 3.8) is 0 Å². The number of ketones is 1. The Morgan fingerprint density at radius 1 is 1.44 bits per heavy atom. The van der Waals surface area contributed by atoms with Gasteiger partial charge < -0.3 is 15.4 Å². The Balaban J connectivity index is 2.43. The van der Waals surface area contributed by atoms with E-state index in [0.717, 1.165) is 11.1 Å². The lowest BCUT2D eigenvalue weighted by Crippen LogP contribution is -2.49. The molecule has 0 fully saturated rings. The summed E-state index contributed by atoms with van der Waals surface area (Å²) in [6.07, 6.45) is 0. The molecule has 0 aliphatic carbocycles. The van der Waals surface area contributed by atoms with Crippen molar-refractivity contribution in [1.82, 2.24) is 5.32 Å². The van der Waals surface area contributed by atoms with Gasteiger partial charge in [-0.25, -0.2) is 0 Å². The summed E-state index contributed by atoms with van der Waals surface area (Å²) in [4.78, 5) is 11.4. The number of benzene rings is 1. The van der Waals surface area contributed by atoms with Crippen LogP contribution in [0.15, 0.2) is 24.3 Å². The third kappa shape index (κ3) is 1.89. The third-order valence-electron chi connectivity index (χ3n) is 3.04. The highest BCUT2D eigenvalue weighted by Gasteiger charge is 2.39. The van der Waals surface area contributed by atoms with Crippen molar-refractivity contribution < 1.29 is 14.8 Å². The molecule has 2 unspecified atom stereocenters. The summed E-state index contributed by atoms with van der Waals surface area (Å²) >= 11 is 0. The van der Waals surface area contributed by atoms with Crippen molar-refractivity contribution >= 4 is 12.9 Å². The Morgan fingerprint density at radius 3 is 2.75 bits per heavy atom. The van der Waals surface area contributed by atoms with Gasteiger partial charge in [-0.1, -0.05) is 24.3 Å². The zero-order valence-corrected chi connectivity index (χ0v) is 9.05. The maximum absolute atomic E-state index is 11.4. The van der Waals surface area contributed by atoms with E-state index in [4.69, 9.17) is 0 Å². The Hall–Kier alpha value is -1.17. The number of Topliss-reactive ketones (excluding diaryl/α,β-unsaturated/α-hetero) is 1. The first-order valence-electron chi connectivity index (χ1n) is 5.29. The van der Waals surface area contributed by atoms with Crippen LogP contribution in [0.2, 0.25) is 0 Å². The quantitative estimate of drug-likeness (QED) is 0.604. The molecule has 0 bridgehead atoms. The van der Waals surface area contributed by atoms with E-state index in [1.54, 1.807) is 0 Å². The van der Waals surface area contributed by atoms with Crippen molar-refractivity contribution in [2.24, 2.45) is 0 Å². The first-order valence-corrected chi connectivity index (χ1v) is 5.29. The number of rotatable bonds is 2. The van der Waals surface area contributed by atoms with Crippen molar-refractivity contribution in [2.75, 3.05) is 0 Å². The SMILES string of the molecule is CC(=O)C1NCc2ccccc2C1B(O)O. The van der Waals surface area contributed by atoms with E-state index in [1.165, 1.54) is 6.92 Å². The Labute approximate surface area is 94.4 Å². The van der Waals surface area contributed by atoms with Gasteiger partial charge in [0.05, 0.1) is 6.04 Å². The molecular formula is C11H14BNO3. The van der Waals surface area contributed by atoms with Crippen molar-refractivity contribution in [2.45, 2.75) is 25.3 Å². The van der Waals surface area contributed by atoms with Crippen LogP contribution in [-0.2, 0) is 11.3 Å². The smallest absolute Gasteiger partial charge is 0.427 e. The monoisotopic (exact) mass is 219 g/mol. The number of carbonyl (C=O) groups excluding carboxylic acids is 1. The molecule has 0 saturated carbocycles. The number of carbonyl (C=O) groups is 1. The highest BCUT2D eigenvalue weighted by Crippen LogP contribution is 2.29. The minimum absolute atomic E-state index is 0.0763. The van der Waals surface area contributed by atoms with E-state index in [9.17, 15) is 14.8 Å². The van der Waals surface area contributed by atoms with Gasteiger partial charge in [0.15, 0.2) is 0 Å². The van der Waals surface area contributed by atoms with Crippen molar-refractivity contribution in [3.8, 4) is 0 Å². The van der Waals surface area contributed by atoms with Gasteiger partial charge in [-0.2, -0.15) is 0 Å². The van der Waals surface area contributed by atoms with Crippen molar-refractivity contribution in [1.29, 1.82) is 0 Å². The normalized spacial score (nSPS) is 23.7. The van der Waals surface area contributed by atoms with Gasteiger partial charge in [0.2, 0.25) is 0 Å². The van der Waals surface area contributed by atoms with Gasteiger partial charge in [0.25, 0.3) is 0 Å². The molecule has 1 aliphatic heterocycles.